The number of allylic oxidation sites excluding steroid dienone is 1. The highest BCUT2D eigenvalue weighted by Gasteiger charge is 2.16. The first kappa shape index (κ1) is 12.9. The van der Waals surface area contributed by atoms with Gasteiger partial charge in [-0.1, -0.05) is 11.8 Å². The van der Waals surface area contributed by atoms with Gasteiger partial charge in [0.15, 0.2) is 5.69 Å². The summed E-state index contributed by atoms with van der Waals surface area (Å²) in [4.78, 5) is 12.0. The van der Waals surface area contributed by atoms with Gasteiger partial charge in [-0.2, -0.15) is 0 Å². The molecule has 0 fully saturated rings. The van der Waals surface area contributed by atoms with Crippen molar-refractivity contribution in [3.05, 3.63) is 48.0 Å². The number of nitrogens with one attached hydrogen (secondary N) is 1. The Morgan fingerprint density at radius 1 is 1.37 bits per heavy atom. The van der Waals surface area contributed by atoms with E-state index < -0.39 is 5.91 Å². The maximum Gasteiger partial charge on any atom is 0.278 e. The van der Waals surface area contributed by atoms with Gasteiger partial charge in [-0.25, -0.2) is 9.07 Å². The average molecular weight is 260 g/mol. The number of halogens is 1. The number of hydrogen-bond acceptors (Lipinski definition) is 3. The van der Waals surface area contributed by atoms with Crippen LogP contribution in [0.3, 0.4) is 0 Å². The van der Waals surface area contributed by atoms with Crippen molar-refractivity contribution in [2.75, 3.05) is 5.32 Å². The Morgan fingerprint density at radius 2 is 2.00 bits per heavy atom. The van der Waals surface area contributed by atoms with E-state index in [1.807, 2.05) is 0 Å². The van der Waals surface area contributed by atoms with E-state index in [-0.39, 0.29) is 11.5 Å². The molecule has 0 unspecified atom stereocenters. The maximum absolute atomic E-state index is 12.8. The van der Waals surface area contributed by atoms with Crippen LogP contribution in [-0.4, -0.2) is 20.9 Å². The number of nitrogens with zero attached hydrogens (tertiary/aromatic N) is 3. The molecule has 6 heteroatoms. The van der Waals surface area contributed by atoms with Gasteiger partial charge in [0.05, 0.1) is 5.69 Å². The number of carbonyl (C=O) groups is 1. The molecule has 0 aliphatic carbocycles. The molecule has 0 atom stereocenters. The first-order valence-electron chi connectivity index (χ1n) is 5.64. The van der Waals surface area contributed by atoms with E-state index in [0.717, 1.165) is 0 Å². The molecule has 1 N–H and O–H groups in total. The second kappa shape index (κ2) is 5.01. The third-order valence-corrected chi connectivity index (χ3v) is 2.57. The van der Waals surface area contributed by atoms with E-state index in [4.69, 9.17) is 0 Å². The molecule has 2 rings (SSSR count). The standard InChI is InChI=1S/C13H13FN4O/c1-8(2)18-9(3)12(16-17-18)13(19)15-11-6-4-10(14)5-7-11/h4-7H,1H2,2-3H3,(H,15,19). The van der Waals surface area contributed by atoms with Crippen LogP contribution in [0, 0.1) is 12.7 Å². The van der Waals surface area contributed by atoms with Crippen molar-refractivity contribution in [1.29, 1.82) is 0 Å². The van der Waals surface area contributed by atoms with Crippen molar-refractivity contribution in [1.82, 2.24) is 15.0 Å². The Labute approximate surface area is 109 Å². The lowest BCUT2D eigenvalue weighted by Crippen LogP contribution is -2.14. The van der Waals surface area contributed by atoms with Gasteiger partial charge in [0.2, 0.25) is 0 Å². The van der Waals surface area contributed by atoms with Crippen molar-refractivity contribution >= 4 is 17.3 Å². The van der Waals surface area contributed by atoms with Crippen LogP contribution < -0.4 is 5.32 Å². The largest absolute Gasteiger partial charge is 0.321 e. The van der Waals surface area contributed by atoms with E-state index in [1.54, 1.807) is 13.8 Å². The van der Waals surface area contributed by atoms with Crippen LogP contribution >= 0.6 is 0 Å². The van der Waals surface area contributed by atoms with Crippen molar-refractivity contribution < 1.29 is 9.18 Å². The van der Waals surface area contributed by atoms with Gasteiger partial charge in [0, 0.05) is 11.4 Å². The highest BCUT2D eigenvalue weighted by atomic mass is 19.1. The summed E-state index contributed by atoms with van der Waals surface area (Å²) in [5, 5.41) is 10.3. The summed E-state index contributed by atoms with van der Waals surface area (Å²) in [7, 11) is 0. The Kier molecular flexibility index (Phi) is 3.41. The summed E-state index contributed by atoms with van der Waals surface area (Å²) in [6.45, 7) is 7.24. The number of rotatable bonds is 3. The minimum Gasteiger partial charge on any atom is -0.321 e. The highest BCUT2D eigenvalue weighted by molar-refractivity contribution is 6.03. The van der Waals surface area contributed by atoms with Gasteiger partial charge in [-0.3, -0.25) is 4.79 Å². The van der Waals surface area contributed by atoms with Crippen molar-refractivity contribution in [2.45, 2.75) is 13.8 Å². The second-order valence-electron chi connectivity index (χ2n) is 4.13. The average Bonchev–Trinajstić information content (AvgIpc) is 2.74. The van der Waals surface area contributed by atoms with Gasteiger partial charge < -0.3 is 5.32 Å². The number of anilines is 1. The quantitative estimate of drug-likeness (QED) is 0.922. The lowest BCUT2D eigenvalue weighted by molar-refractivity contribution is 0.102. The molecule has 0 saturated carbocycles. The third kappa shape index (κ3) is 2.67. The SMILES string of the molecule is C=C(C)n1nnc(C(=O)Nc2ccc(F)cc2)c1C. The first-order valence-corrected chi connectivity index (χ1v) is 5.64. The van der Waals surface area contributed by atoms with Crippen molar-refractivity contribution in [2.24, 2.45) is 0 Å². The van der Waals surface area contributed by atoms with Crippen molar-refractivity contribution in [3.63, 3.8) is 0 Å². The Balaban J connectivity index is 2.21. The van der Waals surface area contributed by atoms with Gasteiger partial charge in [0.25, 0.3) is 5.91 Å². The summed E-state index contributed by atoms with van der Waals surface area (Å²) in [6, 6.07) is 5.50. The van der Waals surface area contributed by atoms with Crippen LogP contribution in [0.1, 0.15) is 23.1 Å². The lowest BCUT2D eigenvalue weighted by atomic mass is 10.2. The van der Waals surface area contributed by atoms with Crippen LogP contribution in [-0.2, 0) is 0 Å². The predicted molar refractivity (Wildman–Crippen MR) is 70.1 cm³/mol. The van der Waals surface area contributed by atoms with Crippen molar-refractivity contribution in [3.8, 4) is 0 Å². The molecule has 1 aromatic carbocycles. The van der Waals surface area contributed by atoms with Gasteiger partial charge >= 0.3 is 0 Å². The molecule has 0 spiro atoms. The fourth-order valence-corrected chi connectivity index (χ4v) is 1.63. The van der Waals surface area contributed by atoms with Crippen LogP contribution in [0.25, 0.3) is 5.70 Å². The minimum atomic E-state index is -0.392. The molecule has 98 valence electrons. The van der Waals surface area contributed by atoms with Crippen LogP contribution in [0.4, 0.5) is 10.1 Å². The molecule has 1 aromatic heterocycles. The number of amides is 1. The van der Waals surface area contributed by atoms with Crippen LogP contribution in [0.5, 0.6) is 0 Å². The molecule has 0 aliphatic rings. The van der Waals surface area contributed by atoms with E-state index in [0.29, 0.717) is 17.1 Å². The molecule has 2 aromatic rings. The van der Waals surface area contributed by atoms with E-state index >= 15 is 0 Å². The molecule has 0 saturated heterocycles. The molecular formula is C13H13FN4O. The van der Waals surface area contributed by atoms with Crippen LogP contribution in [0.2, 0.25) is 0 Å². The molecule has 1 heterocycles. The Hall–Kier alpha value is -2.50. The van der Waals surface area contributed by atoms with Gasteiger partial charge in [0.1, 0.15) is 5.82 Å². The fourth-order valence-electron chi connectivity index (χ4n) is 1.63. The smallest absolute Gasteiger partial charge is 0.278 e. The molecule has 0 bridgehead atoms. The second-order valence-corrected chi connectivity index (χ2v) is 4.13. The summed E-state index contributed by atoms with van der Waals surface area (Å²) in [5.74, 6) is -0.751. The summed E-state index contributed by atoms with van der Waals surface area (Å²) < 4.78 is 14.2. The first-order chi connectivity index (χ1) is 8.99. The topological polar surface area (TPSA) is 59.8 Å². The molecule has 0 radical (unpaired) electrons. The summed E-state index contributed by atoms with van der Waals surface area (Å²) in [6.07, 6.45) is 0. The zero-order valence-corrected chi connectivity index (χ0v) is 10.6. The predicted octanol–water partition coefficient (Wildman–Crippen LogP) is 2.47. The number of aromatic nitrogens is 3. The third-order valence-electron chi connectivity index (χ3n) is 2.57. The monoisotopic (exact) mass is 260 g/mol. The Morgan fingerprint density at radius 3 is 2.53 bits per heavy atom. The number of carbonyl (C=O) groups excluding carboxylic acids is 1. The molecule has 0 aliphatic heterocycles. The van der Waals surface area contributed by atoms with Gasteiger partial charge in [-0.15, -0.1) is 5.10 Å². The Bertz CT molecular complexity index is 631. The summed E-state index contributed by atoms with van der Waals surface area (Å²) in [5.41, 5.74) is 1.99. The summed E-state index contributed by atoms with van der Waals surface area (Å²) >= 11 is 0. The van der Waals surface area contributed by atoms with Gasteiger partial charge in [-0.05, 0) is 38.1 Å². The van der Waals surface area contributed by atoms with E-state index in [2.05, 4.69) is 22.2 Å². The number of hydrogen-bond donors (Lipinski definition) is 1. The minimum absolute atomic E-state index is 0.215. The molecule has 19 heavy (non-hydrogen) atoms. The highest BCUT2D eigenvalue weighted by Crippen LogP contribution is 2.13. The normalized spacial score (nSPS) is 10.3. The zero-order chi connectivity index (χ0) is 14.0. The molecule has 1 amide bonds. The van der Waals surface area contributed by atoms with Crippen LogP contribution in [0.15, 0.2) is 30.8 Å². The van der Waals surface area contributed by atoms with E-state index in [1.165, 1.54) is 28.9 Å². The number of benzene rings is 1. The zero-order valence-electron chi connectivity index (χ0n) is 10.6. The van der Waals surface area contributed by atoms with E-state index in [9.17, 15) is 9.18 Å². The maximum atomic E-state index is 12.8. The molecule has 5 nitrogen and oxygen atoms in total. The molecular weight excluding hydrogens is 247 g/mol. The fraction of sp³-hybridized carbons (Fsp3) is 0.154. The lowest BCUT2D eigenvalue weighted by Gasteiger charge is -2.04.